The molecule has 0 saturated carbocycles. The van der Waals surface area contributed by atoms with E-state index in [1.807, 2.05) is 18.2 Å². The van der Waals surface area contributed by atoms with Gasteiger partial charge in [-0.1, -0.05) is 0 Å². The Morgan fingerprint density at radius 1 is 1.44 bits per heavy atom. The van der Waals surface area contributed by atoms with E-state index in [9.17, 15) is 0 Å². The Balaban J connectivity index is 1.99. The summed E-state index contributed by atoms with van der Waals surface area (Å²) < 4.78 is 6.94. The number of nitrogen functional groups attached to an aromatic ring is 1. The highest BCUT2D eigenvalue weighted by molar-refractivity contribution is 5.44. The summed E-state index contributed by atoms with van der Waals surface area (Å²) in [6.45, 7) is 0. The van der Waals surface area contributed by atoms with Crippen molar-refractivity contribution in [2.75, 3.05) is 5.73 Å². The highest BCUT2D eigenvalue weighted by atomic mass is 16.3. The summed E-state index contributed by atoms with van der Waals surface area (Å²) in [5.41, 5.74) is 7.92. The van der Waals surface area contributed by atoms with Gasteiger partial charge in [-0.2, -0.15) is 5.10 Å². The molecule has 0 radical (unpaired) electrons. The first-order chi connectivity index (χ1) is 7.81. The fraction of sp³-hybridized carbons (Fsp3) is 0.0909. The molecule has 0 saturated heterocycles. The van der Waals surface area contributed by atoms with E-state index < -0.39 is 0 Å². The van der Waals surface area contributed by atoms with Gasteiger partial charge in [0.1, 0.15) is 5.76 Å². The fourth-order valence-corrected chi connectivity index (χ4v) is 1.62. The lowest BCUT2D eigenvalue weighted by Crippen LogP contribution is -1.94. The van der Waals surface area contributed by atoms with Crippen LogP contribution in [0.2, 0.25) is 0 Å². The Morgan fingerprint density at radius 2 is 2.38 bits per heavy atom. The molecule has 0 unspecified atom stereocenters. The van der Waals surface area contributed by atoms with Gasteiger partial charge < -0.3 is 10.2 Å². The minimum Gasteiger partial charge on any atom is -0.469 e. The SMILES string of the molecule is Nc1cnc2cc(Cc3ccco3)nn2c1. The first-order valence-electron chi connectivity index (χ1n) is 4.93. The molecule has 0 spiro atoms. The molecule has 5 nitrogen and oxygen atoms in total. The predicted molar refractivity (Wildman–Crippen MR) is 58.9 cm³/mol. The maximum absolute atomic E-state index is 5.63. The zero-order valence-corrected chi connectivity index (χ0v) is 8.50. The van der Waals surface area contributed by atoms with Gasteiger partial charge in [-0.05, 0) is 12.1 Å². The van der Waals surface area contributed by atoms with Crippen LogP contribution in [0.5, 0.6) is 0 Å². The number of nitrogens with zero attached hydrogens (tertiary/aromatic N) is 3. The molecule has 3 aromatic rings. The quantitative estimate of drug-likeness (QED) is 0.701. The van der Waals surface area contributed by atoms with Gasteiger partial charge in [-0.15, -0.1) is 0 Å². The van der Waals surface area contributed by atoms with Crippen LogP contribution in [0.1, 0.15) is 11.5 Å². The van der Waals surface area contributed by atoms with Gasteiger partial charge in [0.05, 0.1) is 36.5 Å². The van der Waals surface area contributed by atoms with Gasteiger partial charge in [0.15, 0.2) is 5.65 Å². The summed E-state index contributed by atoms with van der Waals surface area (Å²) in [6.07, 6.45) is 5.68. The summed E-state index contributed by atoms with van der Waals surface area (Å²) in [6, 6.07) is 5.70. The number of nitrogens with two attached hydrogens (primary N) is 1. The number of hydrogen-bond donors (Lipinski definition) is 1. The Bertz CT molecular complexity index is 612. The average Bonchev–Trinajstić information content (AvgIpc) is 2.86. The summed E-state index contributed by atoms with van der Waals surface area (Å²) in [5, 5.41) is 4.36. The minimum absolute atomic E-state index is 0.597. The van der Waals surface area contributed by atoms with E-state index >= 15 is 0 Å². The predicted octanol–water partition coefficient (Wildman–Crippen LogP) is 1.50. The normalized spacial score (nSPS) is 11.0. The van der Waals surface area contributed by atoms with E-state index in [0.717, 1.165) is 17.1 Å². The molecule has 0 aromatic carbocycles. The first kappa shape index (κ1) is 8.96. The van der Waals surface area contributed by atoms with Gasteiger partial charge in [-0.3, -0.25) is 0 Å². The number of hydrogen-bond acceptors (Lipinski definition) is 4. The molecule has 0 bridgehead atoms. The summed E-state index contributed by atoms with van der Waals surface area (Å²) in [5.74, 6) is 0.886. The first-order valence-corrected chi connectivity index (χ1v) is 4.93. The second-order valence-corrected chi connectivity index (χ2v) is 3.58. The fourth-order valence-electron chi connectivity index (χ4n) is 1.62. The lowest BCUT2D eigenvalue weighted by Gasteiger charge is -1.92. The molecule has 80 valence electrons. The van der Waals surface area contributed by atoms with Crippen LogP contribution in [-0.2, 0) is 6.42 Å². The van der Waals surface area contributed by atoms with Crippen LogP contribution < -0.4 is 5.73 Å². The number of furan rings is 1. The van der Waals surface area contributed by atoms with Crippen LogP contribution in [-0.4, -0.2) is 14.6 Å². The lowest BCUT2D eigenvalue weighted by atomic mass is 10.2. The van der Waals surface area contributed by atoms with Crippen molar-refractivity contribution < 1.29 is 4.42 Å². The molecule has 3 rings (SSSR count). The molecule has 0 atom stereocenters. The van der Waals surface area contributed by atoms with Crippen molar-refractivity contribution >= 4 is 11.3 Å². The maximum atomic E-state index is 5.63. The van der Waals surface area contributed by atoms with Crippen LogP contribution in [0.4, 0.5) is 5.69 Å². The maximum Gasteiger partial charge on any atom is 0.155 e. The smallest absolute Gasteiger partial charge is 0.155 e. The lowest BCUT2D eigenvalue weighted by molar-refractivity contribution is 0.518. The molecule has 3 heterocycles. The van der Waals surface area contributed by atoms with Crippen molar-refractivity contribution in [2.45, 2.75) is 6.42 Å². The molecule has 0 aliphatic heterocycles. The standard InChI is InChI=1S/C11H10N4O/c12-8-6-13-11-5-9(14-15(11)7-8)4-10-2-1-3-16-10/h1-3,5-7H,4,12H2. The van der Waals surface area contributed by atoms with E-state index in [0.29, 0.717) is 12.1 Å². The molecular formula is C11H10N4O. The second kappa shape index (κ2) is 3.37. The topological polar surface area (TPSA) is 69.3 Å². The Labute approximate surface area is 91.5 Å². The van der Waals surface area contributed by atoms with Crippen molar-refractivity contribution in [1.29, 1.82) is 0 Å². The van der Waals surface area contributed by atoms with Crippen molar-refractivity contribution in [3.63, 3.8) is 0 Å². The average molecular weight is 214 g/mol. The Morgan fingerprint density at radius 3 is 3.19 bits per heavy atom. The highest BCUT2D eigenvalue weighted by Gasteiger charge is 2.05. The van der Waals surface area contributed by atoms with Gasteiger partial charge in [-0.25, -0.2) is 9.50 Å². The number of rotatable bonds is 2. The molecule has 0 aliphatic rings. The third-order valence-corrected chi connectivity index (χ3v) is 2.32. The highest BCUT2D eigenvalue weighted by Crippen LogP contribution is 2.11. The number of aromatic nitrogens is 3. The van der Waals surface area contributed by atoms with Gasteiger partial charge >= 0.3 is 0 Å². The van der Waals surface area contributed by atoms with Crippen LogP contribution in [0.25, 0.3) is 5.65 Å². The van der Waals surface area contributed by atoms with Gasteiger partial charge in [0.2, 0.25) is 0 Å². The molecule has 16 heavy (non-hydrogen) atoms. The van der Waals surface area contributed by atoms with Crippen molar-refractivity contribution in [3.05, 3.63) is 48.3 Å². The molecule has 0 fully saturated rings. The second-order valence-electron chi connectivity index (χ2n) is 3.58. The number of anilines is 1. The Hall–Kier alpha value is -2.30. The number of fused-ring (bicyclic) bond motifs is 1. The van der Waals surface area contributed by atoms with Gasteiger partial charge in [0, 0.05) is 6.07 Å². The van der Waals surface area contributed by atoms with E-state index in [-0.39, 0.29) is 0 Å². The summed E-state index contributed by atoms with van der Waals surface area (Å²) >= 11 is 0. The third-order valence-electron chi connectivity index (χ3n) is 2.32. The molecule has 0 amide bonds. The third kappa shape index (κ3) is 1.52. The van der Waals surface area contributed by atoms with Crippen LogP contribution in [0.15, 0.2) is 41.3 Å². The zero-order valence-electron chi connectivity index (χ0n) is 8.50. The van der Waals surface area contributed by atoms with Crippen molar-refractivity contribution in [3.8, 4) is 0 Å². The molecular weight excluding hydrogens is 204 g/mol. The Kier molecular flexibility index (Phi) is 1.89. The van der Waals surface area contributed by atoms with Crippen molar-refractivity contribution in [2.24, 2.45) is 0 Å². The van der Waals surface area contributed by atoms with Gasteiger partial charge in [0.25, 0.3) is 0 Å². The minimum atomic E-state index is 0.597. The summed E-state index contributed by atoms with van der Waals surface area (Å²) in [4.78, 5) is 4.18. The van der Waals surface area contributed by atoms with E-state index in [1.165, 1.54) is 0 Å². The zero-order chi connectivity index (χ0) is 11.0. The molecule has 2 N–H and O–H groups in total. The molecule has 5 heteroatoms. The van der Waals surface area contributed by atoms with Crippen LogP contribution >= 0.6 is 0 Å². The van der Waals surface area contributed by atoms with Crippen LogP contribution in [0.3, 0.4) is 0 Å². The monoisotopic (exact) mass is 214 g/mol. The van der Waals surface area contributed by atoms with Crippen molar-refractivity contribution in [1.82, 2.24) is 14.6 Å². The van der Waals surface area contributed by atoms with E-state index in [2.05, 4.69) is 10.1 Å². The molecule has 3 aromatic heterocycles. The van der Waals surface area contributed by atoms with Crippen LogP contribution in [0, 0.1) is 0 Å². The largest absolute Gasteiger partial charge is 0.469 e. The van der Waals surface area contributed by atoms with E-state index in [1.54, 1.807) is 23.2 Å². The summed E-state index contributed by atoms with van der Waals surface area (Å²) in [7, 11) is 0. The molecule has 0 aliphatic carbocycles. The van der Waals surface area contributed by atoms with E-state index in [4.69, 9.17) is 10.2 Å².